The maximum absolute atomic E-state index is 4.85. The summed E-state index contributed by atoms with van der Waals surface area (Å²) in [6.07, 6.45) is 1.82. The second kappa shape index (κ2) is 4.67. The number of aryl methyl sites for hydroxylation is 1. The predicted molar refractivity (Wildman–Crippen MR) is 87.2 cm³/mol. The highest BCUT2D eigenvalue weighted by molar-refractivity contribution is 6.08. The van der Waals surface area contributed by atoms with E-state index in [0.717, 1.165) is 33.1 Å². The van der Waals surface area contributed by atoms with Crippen molar-refractivity contribution in [2.75, 3.05) is 0 Å². The monoisotopic (exact) mass is 270 g/mol. The van der Waals surface area contributed by atoms with Crippen LogP contribution in [0, 0.1) is 6.92 Å². The fourth-order valence-electron chi connectivity index (χ4n) is 2.78. The van der Waals surface area contributed by atoms with Gasteiger partial charge in [0.2, 0.25) is 0 Å². The number of hydrogen-bond donors (Lipinski definition) is 0. The molecule has 0 saturated heterocycles. The normalized spacial score (nSPS) is 11.1. The molecule has 0 amide bonds. The molecule has 0 fully saturated rings. The van der Waals surface area contributed by atoms with Crippen LogP contribution in [0.5, 0.6) is 0 Å². The van der Waals surface area contributed by atoms with Crippen LogP contribution in [-0.2, 0) is 0 Å². The summed E-state index contributed by atoms with van der Waals surface area (Å²) in [6.45, 7) is 2.11. The van der Waals surface area contributed by atoms with Gasteiger partial charge in [0.05, 0.1) is 16.7 Å². The first-order valence-electron chi connectivity index (χ1n) is 7.03. The van der Waals surface area contributed by atoms with Gasteiger partial charge in [0.1, 0.15) is 0 Å². The van der Waals surface area contributed by atoms with E-state index in [0.29, 0.717) is 0 Å². The quantitative estimate of drug-likeness (QED) is 0.466. The molecule has 0 spiro atoms. The number of hydrogen-bond acceptors (Lipinski definition) is 2. The summed E-state index contributed by atoms with van der Waals surface area (Å²) in [5, 5.41) is 2.30. The van der Waals surface area contributed by atoms with Crippen molar-refractivity contribution in [2.45, 2.75) is 6.92 Å². The van der Waals surface area contributed by atoms with Gasteiger partial charge >= 0.3 is 0 Å². The Morgan fingerprint density at radius 3 is 2.52 bits per heavy atom. The van der Waals surface area contributed by atoms with Crippen molar-refractivity contribution in [3.8, 4) is 11.3 Å². The van der Waals surface area contributed by atoms with Gasteiger partial charge in [-0.3, -0.25) is 4.98 Å². The Balaban J connectivity index is 2.16. The summed E-state index contributed by atoms with van der Waals surface area (Å²) in [4.78, 5) is 9.35. The van der Waals surface area contributed by atoms with Gasteiger partial charge in [0.25, 0.3) is 0 Å². The van der Waals surface area contributed by atoms with Gasteiger partial charge < -0.3 is 0 Å². The molecule has 0 aliphatic rings. The summed E-state index contributed by atoms with van der Waals surface area (Å²) in [5.74, 6) is 0. The van der Waals surface area contributed by atoms with Gasteiger partial charge in [-0.15, -0.1) is 0 Å². The van der Waals surface area contributed by atoms with Crippen molar-refractivity contribution in [3.05, 3.63) is 72.4 Å². The van der Waals surface area contributed by atoms with E-state index < -0.39 is 0 Å². The van der Waals surface area contributed by atoms with Crippen molar-refractivity contribution >= 4 is 21.8 Å². The van der Waals surface area contributed by atoms with Crippen LogP contribution in [0.15, 0.2) is 66.9 Å². The van der Waals surface area contributed by atoms with E-state index in [2.05, 4.69) is 60.4 Å². The lowest BCUT2D eigenvalue weighted by molar-refractivity contribution is 1.35. The van der Waals surface area contributed by atoms with Crippen LogP contribution < -0.4 is 0 Å². The molecule has 2 heteroatoms. The first-order chi connectivity index (χ1) is 10.3. The van der Waals surface area contributed by atoms with Crippen LogP contribution in [0.1, 0.15) is 5.56 Å². The first-order valence-corrected chi connectivity index (χ1v) is 7.03. The van der Waals surface area contributed by atoms with Gasteiger partial charge in [0, 0.05) is 22.5 Å². The van der Waals surface area contributed by atoms with Crippen molar-refractivity contribution in [1.82, 2.24) is 9.97 Å². The van der Waals surface area contributed by atoms with E-state index in [4.69, 9.17) is 4.98 Å². The lowest BCUT2D eigenvalue weighted by atomic mass is 10.0. The minimum atomic E-state index is 0.938. The molecule has 2 heterocycles. The average Bonchev–Trinajstić information content (AvgIpc) is 2.54. The molecule has 4 aromatic rings. The molecule has 0 saturated carbocycles. The highest BCUT2D eigenvalue weighted by Gasteiger charge is 2.10. The minimum absolute atomic E-state index is 0.938. The van der Waals surface area contributed by atoms with E-state index in [-0.39, 0.29) is 0 Å². The first kappa shape index (κ1) is 12.0. The smallest absolute Gasteiger partial charge is 0.0965 e. The van der Waals surface area contributed by atoms with Crippen LogP contribution in [0.2, 0.25) is 0 Å². The number of benzene rings is 2. The van der Waals surface area contributed by atoms with Crippen LogP contribution in [-0.4, -0.2) is 9.97 Å². The van der Waals surface area contributed by atoms with E-state index in [9.17, 15) is 0 Å². The summed E-state index contributed by atoms with van der Waals surface area (Å²) in [7, 11) is 0. The zero-order valence-electron chi connectivity index (χ0n) is 11.7. The molecule has 100 valence electrons. The predicted octanol–water partition coefficient (Wildman–Crippen LogP) is 4.76. The lowest BCUT2D eigenvalue weighted by Crippen LogP contribution is -1.91. The highest BCUT2D eigenvalue weighted by atomic mass is 14.8. The summed E-state index contributed by atoms with van der Waals surface area (Å²) < 4.78 is 0. The van der Waals surface area contributed by atoms with Crippen LogP contribution >= 0.6 is 0 Å². The molecule has 0 aliphatic carbocycles. The van der Waals surface area contributed by atoms with Gasteiger partial charge in [-0.25, -0.2) is 4.98 Å². The van der Waals surface area contributed by atoms with Crippen molar-refractivity contribution < 1.29 is 0 Å². The van der Waals surface area contributed by atoms with Crippen LogP contribution in [0.4, 0.5) is 0 Å². The number of fused-ring (bicyclic) bond motifs is 3. The third kappa shape index (κ3) is 1.96. The average molecular weight is 270 g/mol. The van der Waals surface area contributed by atoms with E-state index >= 15 is 0 Å². The Morgan fingerprint density at radius 2 is 1.67 bits per heavy atom. The molecular formula is C19H14N2. The molecule has 0 atom stereocenters. The van der Waals surface area contributed by atoms with Gasteiger partial charge in [-0.1, -0.05) is 48.0 Å². The van der Waals surface area contributed by atoms with Crippen molar-refractivity contribution in [3.63, 3.8) is 0 Å². The fourth-order valence-corrected chi connectivity index (χ4v) is 2.78. The molecule has 4 rings (SSSR count). The second-order valence-corrected chi connectivity index (χ2v) is 5.25. The fraction of sp³-hybridized carbons (Fsp3) is 0.0526. The van der Waals surface area contributed by atoms with Gasteiger partial charge in [-0.2, -0.15) is 0 Å². The third-order valence-corrected chi connectivity index (χ3v) is 3.75. The van der Waals surface area contributed by atoms with Gasteiger partial charge in [0.15, 0.2) is 0 Å². The molecule has 0 N–H and O–H groups in total. The summed E-state index contributed by atoms with van der Waals surface area (Å²) in [6, 6.07) is 20.8. The topological polar surface area (TPSA) is 25.8 Å². The Bertz CT molecular complexity index is 958. The van der Waals surface area contributed by atoms with E-state index in [1.165, 1.54) is 5.56 Å². The Morgan fingerprint density at radius 1 is 0.810 bits per heavy atom. The molecule has 0 bridgehead atoms. The molecule has 2 aromatic heterocycles. The van der Waals surface area contributed by atoms with E-state index in [1.54, 1.807) is 0 Å². The standard InChI is InChI=1S/C19H14N2/c1-13-6-4-7-14(12-13)18-15-8-2-3-9-16(15)19-17(21-18)10-5-11-20-19/h2-12H,1H3. The largest absolute Gasteiger partial charge is 0.254 e. The highest BCUT2D eigenvalue weighted by Crippen LogP contribution is 2.31. The summed E-state index contributed by atoms with van der Waals surface area (Å²) >= 11 is 0. The zero-order chi connectivity index (χ0) is 14.2. The molecule has 2 nitrogen and oxygen atoms in total. The lowest BCUT2D eigenvalue weighted by Gasteiger charge is -2.09. The number of pyridine rings is 2. The zero-order valence-corrected chi connectivity index (χ0v) is 11.7. The Kier molecular flexibility index (Phi) is 2.68. The molecule has 2 aromatic carbocycles. The van der Waals surface area contributed by atoms with Gasteiger partial charge in [-0.05, 0) is 25.1 Å². The number of aromatic nitrogens is 2. The van der Waals surface area contributed by atoms with E-state index in [1.807, 2.05) is 18.3 Å². The molecule has 0 radical (unpaired) electrons. The maximum atomic E-state index is 4.85. The Hall–Kier alpha value is -2.74. The Labute approximate surface area is 123 Å². The van der Waals surface area contributed by atoms with Crippen LogP contribution in [0.25, 0.3) is 33.1 Å². The van der Waals surface area contributed by atoms with Crippen molar-refractivity contribution in [2.24, 2.45) is 0 Å². The van der Waals surface area contributed by atoms with Crippen molar-refractivity contribution in [1.29, 1.82) is 0 Å². The second-order valence-electron chi connectivity index (χ2n) is 5.25. The number of nitrogens with zero attached hydrogens (tertiary/aromatic N) is 2. The molecule has 21 heavy (non-hydrogen) atoms. The third-order valence-electron chi connectivity index (χ3n) is 3.75. The maximum Gasteiger partial charge on any atom is 0.0965 e. The molecular weight excluding hydrogens is 256 g/mol. The summed E-state index contributed by atoms with van der Waals surface area (Å²) in [5.41, 5.74) is 5.31. The molecule has 0 aliphatic heterocycles. The number of rotatable bonds is 1. The molecule has 0 unspecified atom stereocenters. The minimum Gasteiger partial charge on any atom is -0.254 e. The SMILES string of the molecule is Cc1cccc(-c2nc3cccnc3c3ccccc23)c1. The van der Waals surface area contributed by atoms with Crippen LogP contribution in [0.3, 0.4) is 0 Å².